The summed E-state index contributed by atoms with van der Waals surface area (Å²) in [6, 6.07) is 13.8. The van der Waals surface area contributed by atoms with Crippen LogP contribution in [0.15, 0.2) is 65.7 Å². The molecule has 7 rings (SSSR count). The van der Waals surface area contributed by atoms with Crippen LogP contribution in [0.3, 0.4) is 0 Å². The number of hydrogen-bond donors (Lipinski definition) is 0. The van der Waals surface area contributed by atoms with Gasteiger partial charge >= 0.3 is 0 Å². The molecule has 0 atom stereocenters. The number of nitrogens with zero attached hydrogens (tertiary/aromatic N) is 4. The average molecular weight is 623 g/mol. The highest BCUT2D eigenvalue weighted by atomic mass is 19.1. The number of carbonyl (C=O) groups is 1. The van der Waals surface area contributed by atoms with Crippen LogP contribution in [0.25, 0.3) is 16.6 Å². The third-order valence-electron chi connectivity index (χ3n) is 8.54. The predicted octanol–water partition coefficient (Wildman–Crippen LogP) is 6.13. The highest BCUT2D eigenvalue weighted by molar-refractivity contribution is 6.07. The number of ether oxygens (including phenoxy) is 4. The zero-order valence-corrected chi connectivity index (χ0v) is 25.8. The Morgan fingerprint density at radius 2 is 1.70 bits per heavy atom. The summed E-state index contributed by atoms with van der Waals surface area (Å²) in [5.41, 5.74) is 3.98. The molecule has 0 radical (unpaired) electrons. The van der Waals surface area contributed by atoms with Crippen molar-refractivity contribution in [1.82, 2.24) is 14.5 Å². The summed E-state index contributed by atoms with van der Waals surface area (Å²) in [7, 11) is 4.56. The number of fused-ring (bicyclic) bond motifs is 2. The monoisotopic (exact) mass is 622 g/mol. The van der Waals surface area contributed by atoms with Crippen molar-refractivity contribution < 1.29 is 28.1 Å². The minimum absolute atomic E-state index is 0.00329. The molecule has 0 N–H and O–H groups in total. The molecule has 0 unspecified atom stereocenters. The molecule has 5 aromatic rings. The first-order valence-electron chi connectivity index (χ1n) is 14.9. The first-order valence-corrected chi connectivity index (χ1v) is 14.9. The van der Waals surface area contributed by atoms with Crippen LogP contribution < -0.4 is 29.4 Å². The molecule has 4 heterocycles. The number of rotatable bonds is 8. The van der Waals surface area contributed by atoms with Crippen LogP contribution in [0.4, 0.5) is 10.1 Å². The average Bonchev–Trinajstić information content (AvgIpc) is 3.83. The maximum atomic E-state index is 15.0. The number of hydrogen-bond acceptors (Lipinski definition) is 8. The van der Waals surface area contributed by atoms with Crippen LogP contribution in [0.5, 0.6) is 28.9 Å². The Bertz CT molecular complexity index is 2090. The molecule has 1 aliphatic heterocycles. The Hall–Kier alpha value is -5.45. The molecule has 3 aromatic heterocycles. The number of halogens is 1. The molecule has 1 amide bonds. The van der Waals surface area contributed by atoms with Crippen molar-refractivity contribution in [3.8, 4) is 34.6 Å². The third kappa shape index (κ3) is 4.97. The van der Waals surface area contributed by atoms with Crippen molar-refractivity contribution in [1.29, 1.82) is 0 Å². The van der Waals surface area contributed by atoms with Gasteiger partial charge in [0, 0.05) is 35.4 Å². The van der Waals surface area contributed by atoms with Gasteiger partial charge in [-0.25, -0.2) is 9.37 Å². The molecule has 234 valence electrons. The summed E-state index contributed by atoms with van der Waals surface area (Å²) in [6.07, 6.45) is 5.23. The van der Waals surface area contributed by atoms with Crippen molar-refractivity contribution in [2.24, 2.45) is 0 Å². The lowest BCUT2D eigenvalue weighted by molar-refractivity contribution is 0.0987. The summed E-state index contributed by atoms with van der Waals surface area (Å²) in [5, 5.41) is 0.420. The van der Waals surface area contributed by atoms with E-state index in [1.807, 2.05) is 13.0 Å². The van der Waals surface area contributed by atoms with Gasteiger partial charge in [-0.15, -0.1) is 0 Å². The Morgan fingerprint density at radius 3 is 2.41 bits per heavy atom. The van der Waals surface area contributed by atoms with E-state index in [9.17, 15) is 9.59 Å². The van der Waals surface area contributed by atoms with E-state index in [4.69, 9.17) is 18.9 Å². The Labute approximate surface area is 263 Å². The van der Waals surface area contributed by atoms with Crippen LogP contribution in [-0.2, 0) is 6.42 Å². The molecule has 11 heteroatoms. The highest BCUT2D eigenvalue weighted by Crippen LogP contribution is 2.42. The first-order chi connectivity index (χ1) is 22.3. The Kier molecular flexibility index (Phi) is 7.31. The number of aromatic nitrogens is 3. The van der Waals surface area contributed by atoms with Gasteiger partial charge in [-0.05, 0) is 79.6 Å². The number of carbonyl (C=O) groups excluding carboxylic acids is 1. The van der Waals surface area contributed by atoms with Gasteiger partial charge in [0.1, 0.15) is 11.3 Å². The van der Waals surface area contributed by atoms with Gasteiger partial charge in [-0.2, -0.15) is 0 Å². The predicted molar refractivity (Wildman–Crippen MR) is 170 cm³/mol. The molecule has 0 spiro atoms. The van der Waals surface area contributed by atoms with Crippen LogP contribution in [0.2, 0.25) is 0 Å². The molecule has 46 heavy (non-hydrogen) atoms. The molecule has 2 aromatic carbocycles. The number of benzene rings is 2. The minimum atomic E-state index is -0.634. The Balaban J connectivity index is 1.21. The van der Waals surface area contributed by atoms with Gasteiger partial charge in [0.05, 0.1) is 44.9 Å². The second kappa shape index (κ2) is 11.5. The number of pyridine rings is 3. The zero-order valence-electron chi connectivity index (χ0n) is 25.8. The topological polar surface area (TPSA) is 105 Å². The largest absolute Gasteiger partial charge is 0.493 e. The summed E-state index contributed by atoms with van der Waals surface area (Å²) in [5.74, 6) is 0.959. The highest BCUT2D eigenvalue weighted by Gasteiger charge is 2.32. The summed E-state index contributed by atoms with van der Waals surface area (Å²) >= 11 is 0. The van der Waals surface area contributed by atoms with E-state index in [1.54, 1.807) is 65.2 Å². The van der Waals surface area contributed by atoms with Gasteiger partial charge in [-0.1, -0.05) is 0 Å². The molecular formula is C35H31FN4O6. The fourth-order valence-electron chi connectivity index (χ4n) is 6.02. The smallest absolute Gasteiger partial charge is 0.268 e. The number of aryl methyl sites for hydroxylation is 1. The van der Waals surface area contributed by atoms with Crippen molar-refractivity contribution in [3.05, 3.63) is 99.5 Å². The van der Waals surface area contributed by atoms with E-state index in [0.717, 1.165) is 35.9 Å². The van der Waals surface area contributed by atoms with E-state index in [-0.39, 0.29) is 28.7 Å². The second-order valence-electron chi connectivity index (χ2n) is 11.4. The number of amides is 1. The number of methoxy groups -OCH3 is 3. The van der Waals surface area contributed by atoms with Crippen LogP contribution in [0.1, 0.15) is 45.9 Å². The van der Waals surface area contributed by atoms with Gasteiger partial charge in [0.2, 0.25) is 5.88 Å². The first kappa shape index (κ1) is 29.3. The number of anilines is 1. The normalized spacial score (nSPS) is 13.9. The second-order valence-corrected chi connectivity index (χ2v) is 11.4. The molecule has 1 fully saturated rings. The van der Waals surface area contributed by atoms with Gasteiger partial charge < -0.3 is 23.8 Å². The third-order valence-corrected chi connectivity index (χ3v) is 8.54. The lowest BCUT2D eigenvalue weighted by Crippen LogP contribution is -2.36. The lowest BCUT2D eigenvalue weighted by Gasteiger charge is -2.20. The SMILES string of the molecule is COc1cc(C)c(-n2c(C3CC3)ccc(C(=O)N3CCc4cc(Oc5c(F)cnc6cc(OC)c(OC)cc56)ccc43)c2=O)cn1. The van der Waals surface area contributed by atoms with Gasteiger partial charge in [0.15, 0.2) is 23.1 Å². The van der Waals surface area contributed by atoms with Crippen molar-refractivity contribution in [3.63, 3.8) is 0 Å². The fraction of sp³-hybridized carbons (Fsp3) is 0.257. The quantitative estimate of drug-likeness (QED) is 0.204. The van der Waals surface area contributed by atoms with Crippen LogP contribution in [-0.4, -0.2) is 48.3 Å². The fourth-order valence-corrected chi connectivity index (χ4v) is 6.02. The molecule has 0 saturated heterocycles. The molecule has 1 aliphatic carbocycles. The van der Waals surface area contributed by atoms with Crippen molar-refractivity contribution in [2.45, 2.75) is 32.1 Å². The van der Waals surface area contributed by atoms with E-state index in [2.05, 4.69) is 9.97 Å². The lowest BCUT2D eigenvalue weighted by atomic mass is 10.1. The molecule has 0 bridgehead atoms. The van der Waals surface area contributed by atoms with Gasteiger partial charge in [-0.3, -0.25) is 19.1 Å². The standard InChI is InChI=1S/C35H31FN4O6/c1-19-13-32(45-4)38-18-29(19)40-28(20-5-6-20)10-8-23(35(40)42)34(41)39-12-11-21-14-22(7-9-27(21)39)46-33-24-15-30(43-2)31(44-3)16-26(24)37-17-25(33)36/h7-10,13-18,20H,5-6,11-12H2,1-4H3. The molecule has 1 saturated carbocycles. The van der Waals surface area contributed by atoms with E-state index >= 15 is 4.39 Å². The minimum Gasteiger partial charge on any atom is -0.493 e. The summed E-state index contributed by atoms with van der Waals surface area (Å²) in [6.45, 7) is 2.27. The van der Waals surface area contributed by atoms with Crippen molar-refractivity contribution in [2.75, 3.05) is 32.8 Å². The van der Waals surface area contributed by atoms with E-state index in [1.165, 1.54) is 14.2 Å². The van der Waals surface area contributed by atoms with Crippen LogP contribution in [0, 0.1) is 12.7 Å². The maximum absolute atomic E-state index is 15.0. The summed E-state index contributed by atoms with van der Waals surface area (Å²) in [4.78, 5) is 38.1. The van der Waals surface area contributed by atoms with E-state index in [0.29, 0.717) is 58.4 Å². The maximum Gasteiger partial charge on any atom is 0.268 e. The Morgan fingerprint density at radius 1 is 0.913 bits per heavy atom. The van der Waals surface area contributed by atoms with Crippen LogP contribution >= 0.6 is 0 Å². The molecule has 10 nitrogen and oxygen atoms in total. The van der Waals surface area contributed by atoms with Gasteiger partial charge in [0.25, 0.3) is 11.5 Å². The summed E-state index contributed by atoms with van der Waals surface area (Å²) < 4.78 is 38.7. The van der Waals surface area contributed by atoms with Crippen molar-refractivity contribution >= 4 is 22.5 Å². The molecule has 2 aliphatic rings. The zero-order chi connectivity index (χ0) is 32.1. The van der Waals surface area contributed by atoms with E-state index < -0.39 is 5.82 Å². The molecular weight excluding hydrogens is 591 g/mol.